The van der Waals surface area contributed by atoms with E-state index in [1.807, 2.05) is 6.20 Å². The molecule has 0 atom stereocenters. The molecule has 0 amide bonds. The fraction of sp³-hybridized carbons (Fsp3) is 0. The van der Waals surface area contributed by atoms with E-state index in [-0.39, 0.29) is 0 Å². The van der Waals surface area contributed by atoms with Crippen molar-refractivity contribution in [3.63, 3.8) is 0 Å². The number of benzene rings is 7. The van der Waals surface area contributed by atoms with Crippen LogP contribution in [0.3, 0.4) is 0 Å². The molecule has 3 heteroatoms. The molecule has 0 fully saturated rings. The Labute approximate surface area is 288 Å². The van der Waals surface area contributed by atoms with Crippen molar-refractivity contribution in [3.05, 3.63) is 176 Å². The van der Waals surface area contributed by atoms with Crippen molar-refractivity contribution >= 4 is 43.7 Å². The number of rotatable bonds is 2. The van der Waals surface area contributed by atoms with Crippen molar-refractivity contribution in [2.75, 3.05) is 0 Å². The van der Waals surface area contributed by atoms with E-state index in [1.54, 1.807) is 0 Å². The van der Waals surface area contributed by atoms with Gasteiger partial charge in [-0.2, -0.15) is 0 Å². The molecular weight excluding hydrogens is 607 g/mol. The second-order valence-electron chi connectivity index (χ2n) is 13.2. The van der Waals surface area contributed by atoms with E-state index >= 15 is 0 Å². The van der Waals surface area contributed by atoms with E-state index in [4.69, 9.17) is 4.98 Å². The first-order chi connectivity index (χ1) is 24.8. The summed E-state index contributed by atoms with van der Waals surface area (Å²) in [7, 11) is 0. The largest absolute Gasteiger partial charge is 0.308 e. The minimum absolute atomic E-state index is 0.945. The molecule has 10 aromatic rings. The van der Waals surface area contributed by atoms with Gasteiger partial charge >= 0.3 is 0 Å². The minimum atomic E-state index is 0.945. The summed E-state index contributed by atoms with van der Waals surface area (Å²) in [5.41, 5.74) is 16.5. The van der Waals surface area contributed by atoms with Crippen molar-refractivity contribution in [1.82, 2.24) is 14.1 Å². The van der Waals surface area contributed by atoms with Gasteiger partial charge in [-0.3, -0.25) is 4.57 Å². The van der Waals surface area contributed by atoms with Crippen molar-refractivity contribution in [2.24, 2.45) is 0 Å². The van der Waals surface area contributed by atoms with Gasteiger partial charge in [0.15, 0.2) is 0 Å². The quantitative estimate of drug-likeness (QED) is 0.185. The second-order valence-corrected chi connectivity index (χ2v) is 13.2. The molecular formula is C47H29N3. The Hall–Kier alpha value is -6.71. The van der Waals surface area contributed by atoms with Crippen LogP contribution in [-0.4, -0.2) is 14.1 Å². The molecule has 0 radical (unpaired) electrons. The summed E-state index contributed by atoms with van der Waals surface area (Å²) in [6.07, 6.45) is 2.03. The summed E-state index contributed by atoms with van der Waals surface area (Å²) in [6.45, 7) is 0. The summed E-state index contributed by atoms with van der Waals surface area (Å²) in [5, 5.41) is 4.81. The SMILES string of the molecule is c1ccc2c(c1)-c1ccccc1-c1ccc(-n3c4ccccc4c4cc(-n5c6ccccc6c6ccccc65)cnc43)cc1-c1ccccc1-2. The molecule has 11 rings (SSSR count). The van der Waals surface area contributed by atoms with Crippen LogP contribution in [0.15, 0.2) is 176 Å². The van der Waals surface area contributed by atoms with Crippen molar-refractivity contribution in [3.8, 4) is 55.9 Å². The maximum absolute atomic E-state index is 5.26. The van der Waals surface area contributed by atoms with Gasteiger partial charge in [0.1, 0.15) is 5.65 Å². The van der Waals surface area contributed by atoms with Gasteiger partial charge in [0.05, 0.1) is 28.4 Å². The first kappa shape index (κ1) is 27.3. The summed E-state index contributed by atoms with van der Waals surface area (Å²) in [5.74, 6) is 0. The molecule has 0 saturated carbocycles. The number of hydrogen-bond donors (Lipinski definition) is 0. The molecule has 0 saturated heterocycles. The third-order valence-corrected chi connectivity index (χ3v) is 10.5. The summed E-state index contributed by atoms with van der Waals surface area (Å²) < 4.78 is 4.68. The Kier molecular flexibility index (Phi) is 5.67. The predicted molar refractivity (Wildman–Crippen MR) is 208 cm³/mol. The zero-order valence-corrected chi connectivity index (χ0v) is 27.1. The van der Waals surface area contributed by atoms with Gasteiger partial charge in [0.2, 0.25) is 0 Å². The third-order valence-electron chi connectivity index (χ3n) is 10.5. The van der Waals surface area contributed by atoms with Crippen LogP contribution >= 0.6 is 0 Å². The van der Waals surface area contributed by atoms with Gasteiger partial charge in [-0.1, -0.05) is 133 Å². The van der Waals surface area contributed by atoms with Crippen LogP contribution in [0.1, 0.15) is 0 Å². The van der Waals surface area contributed by atoms with Crippen LogP contribution in [0.4, 0.5) is 0 Å². The van der Waals surface area contributed by atoms with Crippen LogP contribution in [0.5, 0.6) is 0 Å². The van der Waals surface area contributed by atoms with E-state index in [1.165, 1.54) is 71.7 Å². The minimum Gasteiger partial charge on any atom is -0.308 e. The van der Waals surface area contributed by atoms with Gasteiger partial charge in [0, 0.05) is 27.2 Å². The van der Waals surface area contributed by atoms with Crippen molar-refractivity contribution in [1.29, 1.82) is 0 Å². The van der Waals surface area contributed by atoms with Gasteiger partial charge in [-0.05, 0) is 80.9 Å². The normalized spacial score (nSPS) is 12.0. The lowest BCUT2D eigenvalue weighted by Crippen LogP contribution is -2.01. The summed E-state index contributed by atoms with van der Waals surface area (Å²) >= 11 is 0. The van der Waals surface area contributed by atoms with E-state index in [0.717, 1.165) is 27.9 Å². The van der Waals surface area contributed by atoms with Crippen LogP contribution in [0.25, 0.3) is 99.6 Å². The topological polar surface area (TPSA) is 22.8 Å². The highest BCUT2D eigenvalue weighted by molar-refractivity contribution is 6.12. The van der Waals surface area contributed by atoms with E-state index in [2.05, 4.69) is 179 Å². The lowest BCUT2D eigenvalue weighted by atomic mass is 9.81. The van der Waals surface area contributed by atoms with Crippen molar-refractivity contribution in [2.45, 2.75) is 0 Å². The second kappa shape index (κ2) is 10.4. The average molecular weight is 636 g/mol. The Bertz CT molecular complexity index is 2940. The predicted octanol–water partition coefficient (Wildman–Crippen LogP) is 12.3. The molecule has 3 aromatic heterocycles. The Morgan fingerprint density at radius 2 is 0.700 bits per heavy atom. The molecule has 232 valence electrons. The smallest absolute Gasteiger partial charge is 0.145 e. The monoisotopic (exact) mass is 635 g/mol. The van der Waals surface area contributed by atoms with Gasteiger partial charge < -0.3 is 4.57 Å². The summed E-state index contributed by atoms with van der Waals surface area (Å²) in [4.78, 5) is 5.26. The maximum atomic E-state index is 5.26. The number of aromatic nitrogens is 3. The number of fused-ring (bicyclic) bond motifs is 14. The lowest BCUT2D eigenvalue weighted by Gasteiger charge is -2.23. The molecule has 1 aliphatic rings. The number of para-hydroxylation sites is 3. The Morgan fingerprint density at radius 1 is 0.300 bits per heavy atom. The first-order valence-electron chi connectivity index (χ1n) is 17.1. The first-order valence-corrected chi connectivity index (χ1v) is 17.1. The molecule has 0 spiro atoms. The molecule has 3 nitrogen and oxygen atoms in total. The highest BCUT2D eigenvalue weighted by atomic mass is 15.1. The Morgan fingerprint density at radius 3 is 1.22 bits per heavy atom. The van der Waals surface area contributed by atoms with Gasteiger partial charge in [-0.15, -0.1) is 0 Å². The molecule has 0 aliphatic heterocycles. The van der Waals surface area contributed by atoms with Crippen molar-refractivity contribution < 1.29 is 0 Å². The molecule has 50 heavy (non-hydrogen) atoms. The lowest BCUT2D eigenvalue weighted by molar-refractivity contribution is 1.11. The highest BCUT2D eigenvalue weighted by Gasteiger charge is 2.23. The van der Waals surface area contributed by atoms with Gasteiger partial charge in [-0.25, -0.2) is 4.98 Å². The van der Waals surface area contributed by atoms with Crippen LogP contribution in [-0.2, 0) is 0 Å². The molecule has 3 heterocycles. The highest BCUT2D eigenvalue weighted by Crippen LogP contribution is 2.48. The summed E-state index contributed by atoms with van der Waals surface area (Å²) in [6, 6.07) is 61.7. The molecule has 0 N–H and O–H groups in total. The number of pyridine rings is 1. The fourth-order valence-electron chi connectivity index (χ4n) is 8.41. The van der Waals surface area contributed by atoms with E-state index in [9.17, 15) is 0 Å². The van der Waals surface area contributed by atoms with Crippen LogP contribution < -0.4 is 0 Å². The molecule has 7 aromatic carbocycles. The zero-order chi connectivity index (χ0) is 32.8. The molecule has 0 bridgehead atoms. The van der Waals surface area contributed by atoms with Crippen LogP contribution in [0.2, 0.25) is 0 Å². The molecule has 0 unspecified atom stereocenters. The van der Waals surface area contributed by atoms with Crippen LogP contribution in [0, 0.1) is 0 Å². The average Bonchev–Trinajstić information content (AvgIpc) is 3.70. The Balaban J connectivity index is 1.18. The van der Waals surface area contributed by atoms with Gasteiger partial charge in [0.25, 0.3) is 0 Å². The van der Waals surface area contributed by atoms with E-state index in [0.29, 0.717) is 0 Å². The fourth-order valence-corrected chi connectivity index (χ4v) is 8.41. The zero-order valence-electron chi connectivity index (χ0n) is 27.1. The standard InChI is InChI=1S/C47H29N3/c1-2-14-33-32(13-1)34-15-3-4-17-36(34)38-26-25-30(27-42(38)37-18-6-5-16-35(33)37)50-46-24-12-9-21-41(46)43-28-31(29-48-47(43)50)49-44-22-10-7-19-39(44)40-20-8-11-23-45(40)49/h1-29H. The number of hydrogen-bond acceptors (Lipinski definition) is 1. The number of nitrogens with zero attached hydrogens (tertiary/aromatic N) is 3. The maximum Gasteiger partial charge on any atom is 0.145 e. The van der Waals surface area contributed by atoms with E-state index < -0.39 is 0 Å². The third kappa shape index (κ3) is 3.77. The molecule has 1 aliphatic carbocycles.